The molecule has 0 aliphatic heterocycles. The van der Waals surface area contributed by atoms with Crippen molar-refractivity contribution in [2.24, 2.45) is 11.3 Å². The number of halogens is 2. The maximum Gasteiger partial charge on any atom is 0.323 e. The van der Waals surface area contributed by atoms with Gasteiger partial charge in [0.2, 0.25) is 0 Å². The number of ether oxygens (including phenoxy) is 2. The monoisotopic (exact) mass is 314 g/mol. The SMILES string of the molecule is COc1cc2c(cc1OC)C(=O)C(C(=O)O)(C(F)F)C(C)C2. The second kappa shape index (κ2) is 5.55. The Balaban J connectivity index is 2.68. The van der Waals surface area contributed by atoms with Gasteiger partial charge in [-0.05, 0) is 30.0 Å². The smallest absolute Gasteiger partial charge is 0.323 e. The molecule has 2 unspecified atom stereocenters. The van der Waals surface area contributed by atoms with Gasteiger partial charge >= 0.3 is 5.97 Å². The van der Waals surface area contributed by atoms with E-state index < -0.39 is 29.5 Å². The summed E-state index contributed by atoms with van der Waals surface area (Å²) >= 11 is 0. The summed E-state index contributed by atoms with van der Waals surface area (Å²) in [7, 11) is 2.76. The molecule has 0 spiro atoms. The van der Waals surface area contributed by atoms with Gasteiger partial charge in [0.15, 0.2) is 22.7 Å². The summed E-state index contributed by atoms with van der Waals surface area (Å²) < 4.78 is 37.2. The zero-order valence-corrected chi connectivity index (χ0v) is 12.4. The Morgan fingerprint density at radius 1 is 1.32 bits per heavy atom. The number of fused-ring (bicyclic) bond motifs is 1. The van der Waals surface area contributed by atoms with Crippen LogP contribution in [0.2, 0.25) is 0 Å². The Kier molecular flexibility index (Phi) is 4.08. The summed E-state index contributed by atoms with van der Waals surface area (Å²) in [6, 6.07) is 2.79. The fourth-order valence-electron chi connectivity index (χ4n) is 2.95. The van der Waals surface area contributed by atoms with Crippen LogP contribution in [0.3, 0.4) is 0 Å². The van der Waals surface area contributed by atoms with E-state index in [-0.39, 0.29) is 17.7 Å². The molecular weight excluding hydrogens is 298 g/mol. The maximum absolute atomic E-state index is 13.5. The molecule has 7 heteroatoms. The van der Waals surface area contributed by atoms with Gasteiger partial charge in [0.1, 0.15) is 0 Å². The minimum absolute atomic E-state index is 0.0397. The molecule has 0 heterocycles. The van der Waals surface area contributed by atoms with E-state index in [9.17, 15) is 23.5 Å². The third kappa shape index (κ3) is 2.03. The van der Waals surface area contributed by atoms with E-state index >= 15 is 0 Å². The number of carbonyl (C=O) groups is 2. The predicted molar refractivity (Wildman–Crippen MR) is 72.8 cm³/mol. The van der Waals surface area contributed by atoms with Gasteiger partial charge < -0.3 is 14.6 Å². The van der Waals surface area contributed by atoms with Gasteiger partial charge in [0, 0.05) is 5.56 Å². The molecule has 22 heavy (non-hydrogen) atoms. The normalized spacial score (nSPS) is 24.1. The predicted octanol–water partition coefficient (Wildman–Crippen LogP) is 2.41. The van der Waals surface area contributed by atoms with Crippen molar-refractivity contribution in [2.75, 3.05) is 14.2 Å². The van der Waals surface area contributed by atoms with E-state index in [1.807, 2.05) is 0 Å². The van der Waals surface area contributed by atoms with Gasteiger partial charge in [0.25, 0.3) is 6.43 Å². The Hall–Kier alpha value is -2.18. The molecular formula is C15H16F2O5. The number of Topliss-reactive ketones (excluding diaryl/α,β-unsaturated/α-hetero) is 1. The zero-order valence-electron chi connectivity index (χ0n) is 12.4. The molecule has 120 valence electrons. The van der Waals surface area contributed by atoms with Crippen LogP contribution in [0.5, 0.6) is 11.5 Å². The Bertz CT molecular complexity index is 629. The van der Waals surface area contributed by atoms with Crippen molar-refractivity contribution in [2.45, 2.75) is 19.8 Å². The van der Waals surface area contributed by atoms with Crippen molar-refractivity contribution in [1.82, 2.24) is 0 Å². The lowest BCUT2D eigenvalue weighted by Gasteiger charge is -2.37. The Morgan fingerprint density at radius 2 is 1.86 bits per heavy atom. The van der Waals surface area contributed by atoms with Gasteiger partial charge in [-0.2, -0.15) is 0 Å². The number of carboxylic acid groups (broad SMARTS) is 1. The molecule has 1 N–H and O–H groups in total. The molecule has 0 amide bonds. The average molecular weight is 314 g/mol. The zero-order chi connectivity index (χ0) is 16.7. The lowest BCUT2D eigenvalue weighted by Crippen LogP contribution is -2.53. The highest BCUT2D eigenvalue weighted by Gasteiger charge is 2.60. The molecule has 0 bridgehead atoms. The van der Waals surface area contributed by atoms with Crippen molar-refractivity contribution in [3.63, 3.8) is 0 Å². The van der Waals surface area contributed by atoms with Gasteiger partial charge in [-0.3, -0.25) is 9.59 Å². The summed E-state index contributed by atoms with van der Waals surface area (Å²) in [5, 5.41) is 9.30. The summed E-state index contributed by atoms with van der Waals surface area (Å²) in [5.74, 6) is -3.38. The van der Waals surface area contributed by atoms with E-state index in [0.717, 1.165) is 0 Å². The lowest BCUT2D eigenvalue weighted by molar-refractivity contribution is -0.158. The summed E-state index contributed by atoms with van der Waals surface area (Å²) in [5.41, 5.74) is -2.31. The van der Waals surface area contributed by atoms with Crippen molar-refractivity contribution in [1.29, 1.82) is 0 Å². The molecule has 2 atom stereocenters. The maximum atomic E-state index is 13.5. The van der Waals surface area contributed by atoms with Crippen LogP contribution >= 0.6 is 0 Å². The summed E-state index contributed by atoms with van der Waals surface area (Å²) in [6.45, 7) is 1.35. The van der Waals surface area contributed by atoms with Gasteiger partial charge in [-0.15, -0.1) is 0 Å². The third-order valence-electron chi connectivity index (χ3n) is 4.23. The number of carboxylic acids is 1. The third-order valence-corrected chi connectivity index (χ3v) is 4.23. The van der Waals surface area contributed by atoms with Gasteiger partial charge in [-0.1, -0.05) is 6.92 Å². The number of carbonyl (C=O) groups excluding carboxylic acids is 1. The van der Waals surface area contributed by atoms with Crippen LogP contribution in [-0.2, 0) is 11.2 Å². The first kappa shape index (κ1) is 16.2. The molecule has 1 aromatic rings. The number of ketones is 1. The number of aliphatic carboxylic acids is 1. The van der Waals surface area contributed by atoms with E-state index in [4.69, 9.17) is 9.47 Å². The molecule has 1 aliphatic rings. The minimum atomic E-state index is -3.30. The van der Waals surface area contributed by atoms with Gasteiger partial charge in [0.05, 0.1) is 14.2 Å². The number of alkyl halides is 2. The minimum Gasteiger partial charge on any atom is -0.493 e. The molecule has 5 nitrogen and oxygen atoms in total. The first-order valence-corrected chi connectivity index (χ1v) is 6.61. The van der Waals surface area contributed by atoms with Crippen LogP contribution in [-0.4, -0.2) is 37.5 Å². The van der Waals surface area contributed by atoms with Crippen molar-refractivity contribution >= 4 is 11.8 Å². The standard InChI is InChI=1S/C15H16F2O5/c1-7-4-8-5-10(21-2)11(22-3)6-9(8)12(18)15(7,13(16)17)14(19)20/h5-7,13H,4H2,1-3H3,(H,19,20). The fourth-order valence-corrected chi connectivity index (χ4v) is 2.95. The highest BCUT2D eigenvalue weighted by molar-refractivity contribution is 6.14. The number of hydrogen-bond acceptors (Lipinski definition) is 4. The highest BCUT2D eigenvalue weighted by atomic mass is 19.3. The molecule has 0 radical (unpaired) electrons. The van der Waals surface area contributed by atoms with Crippen LogP contribution in [0.4, 0.5) is 8.78 Å². The Morgan fingerprint density at radius 3 is 2.32 bits per heavy atom. The highest BCUT2D eigenvalue weighted by Crippen LogP contribution is 2.46. The largest absolute Gasteiger partial charge is 0.493 e. The summed E-state index contributed by atoms with van der Waals surface area (Å²) in [4.78, 5) is 24.0. The first-order valence-electron chi connectivity index (χ1n) is 6.61. The van der Waals surface area contributed by atoms with E-state index in [1.54, 1.807) is 0 Å². The molecule has 1 aromatic carbocycles. The van der Waals surface area contributed by atoms with Crippen LogP contribution in [0.1, 0.15) is 22.8 Å². The van der Waals surface area contributed by atoms with E-state index in [1.165, 1.54) is 33.3 Å². The van der Waals surface area contributed by atoms with Crippen LogP contribution in [0.25, 0.3) is 0 Å². The molecule has 1 aliphatic carbocycles. The Labute approximate surface area is 125 Å². The topological polar surface area (TPSA) is 72.8 Å². The molecule has 2 rings (SSSR count). The van der Waals surface area contributed by atoms with Crippen molar-refractivity contribution < 1.29 is 33.0 Å². The van der Waals surface area contributed by atoms with E-state index in [0.29, 0.717) is 11.3 Å². The van der Waals surface area contributed by atoms with Crippen molar-refractivity contribution in [3.05, 3.63) is 23.3 Å². The second-order valence-electron chi connectivity index (χ2n) is 5.27. The molecule has 0 saturated carbocycles. The number of benzene rings is 1. The quantitative estimate of drug-likeness (QED) is 0.864. The van der Waals surface area contributed by atoms with Crippen LogP contribution < -0.4 is 9.47 Å². The van der Waals surface area contributed by atoms with Crippen LogP contribution in [0.15, 0.2) is 12.1 Å². The van der Waals surface area contributed by atoms with Crippen molar-refractivity contribution in [3.8, 4) is 11.5 Å². The number of rotatable bonds is 4. The summed E-state index contributed by atoms with van der Waals surface area (Å²) in [6.07, 6.45) is -3.26. The van der Waals surface area contributed by atoms with Gasteiger partial charge in [-0.25, -0.2) is 8.78 Å². The number of hydrogen-bond donors (Lipinski definition) is 1. The molecule has 0 aromatic heterocycles. The number of methoxy groups -OCH3 is 2. The fraction of sp³-hybridized carbons (Fsp3) is 0.467. The molecule has 0 fully saturated rings. The lowest BCUT2D eigenvalue weighted by atomic mass is 9.64. The molecule has 0 saturated heterocycles. The first-order chi connectivity index (χ1) is 10.3. The average Bonchev–Trinajstić information content (AvgIpc) is 2.45. The second-order valence-corrected chi connectivity index (χ2v) is 5.27. The van der Waals surface area contributed by atoms with Crippen LogP contribution in [0, 0.1) is 11.3 Å². The van der Waals surface area contributed by atoms with E-state index in [2.05, 4.69) is 0 Å².